The van der Waals surface area contributed by atoms with Crippen molar-refractivity contribution < 1.29 is 18.8 Å². The molecule has 2 heterocycles. The van der Waals surface area contributed by atoms with Crippen molar-refractivity contribution in [2.75, 3.05) is 18.0 Å². The molecule has 1 saturated heterocycles. The molecule has 1 aliphatic heterocycles. The van der Waals surface area contributed by atoms with Crippen molar-refractivity contribution in [1.29, 1.82) is 0 Å². The molecule has 0 aliphatic carbocycles. The van der Waals surface area contributed by atoms with Gasteiger partial charge in [-0.05, 0) is 34.1 Å². The predicted octanol–water partition coefficient (Wildman–Crippen LogP) is 2.55. The van der Waals surface area contributed by atoms with E-state index in [-0.39, 0.29) is 24.5 Å². The van der Waals surface area contributed by atoms with Gasteiger partial charge in [0.15, 0.2) is 0 Å². The molecule has 1 amide bonds. The molecule has 0 spiro atoms. The van der Waals surface area contributed by atoms with Crippen LogP contribution >= 0.6 is 0 Å². The Balaban J connectivity index is 2.16. The molecule has 1 aliphatic rings. The van der Waals surface area contributed by atoms with Gasteiger partial charge in [0.05, 0.1) is 11.5 Å². The maximum atomic E-state index is 15.0. The summed E-state index contributed by atoms with van der Waals surface area (Å²) in [4.78, 5) is 24.3. The first-order valence-corrected chi connectivity index (χ1v) is 8.48. The van der Waals surface area contributed by atoms with E-state index >= 15 is 4.39 Å². The summed E-state index contributed by atoms with van der Waals surface area (Å²) in [6.07, 6.45) is 1.08. The minimum absolute atomic E-state index is 0.0279. The number of hydrogen-bond acceptors (Lipinski definition) is 6. The van der Waals surface area contributed by atoms with Crippen LogP contribution in [0.25, 0.3) is 0 Å². The van der Waals surface area contributed by atoms with Crippen LogP contribution in [0.1, 0.15) is 40.5 Å². The van der Waals surface area contributed by atoms with Crippen LogP contribution in [0.15, 0.2) is 6.20 Å². The number of alkyl halides is 1. The molecule has 0 bridgehead atoms. The van der Waals surface area contributed by atoms with Gasteiger partial charge in [-0.1, -0.05) is 0 Å². The second kappa shape index (κ2) is 7.08. The van der Waals surface area contributed by atoms with Crippen molar-refractivity contribution in [3.63, 3.8) is 0 Å². The Hall–Kier alpha value is -2.39. The fourth-order valence-corrected chi connectivity index (χ4v) is 3.16. The summed E-state index contributed by atoms with van der Waals surface area (Å²) >= 11 is 0. The van der Waals surface area contributed by atoms with E-state index in [1.54, 1.807) is 32.7 Å². The first-order valence-electron chi connectivity index (χ1n) is 8.48. The van der Waals surface area contributed by atoms with Crippen LogP contribution in [0.4, 0.5) is 20.7 Å². The average molecular weight is 371 g/mol. The lowest BCUT2D eigenvalue weighted by molar-refractivity contribution is -0.384. The zero-order valence-corrected chi connectivity index (χ0v) is 15.8. The summed E-state index contributed by atoms with van der Waals surface area (Å²) in [5.41, 5.74) is -2.45. The number of amides is 1. The summed E-state index contributed by atoms with van der Waals surface area (Å²) in [7, 11) is 1.58. The van der Waals surface area contributed by atoms with E-state index in [1.807, 2.05) is 0 Å². The van der Waals surface area contributed by atoms with Crippen LogP contribution in [-0.4, -0.2) is 51.2 Å². The van der Waals surface area contributed by atoms with E-state index in [1.165, 1.54) is 11.6 Å². The SMILES string of the molecule is Cn1ncc([N+](=O)[O-])c1N1CC[C@H](NC(=O)OC(C)(C)C)C[C@@](C)(F)C1. The van der Waals surface area contributed by atoms with Crippen LogP contribution in [0.3, 0.4) is 0 Å². The van der Waals surface area contributed by atoms with Crippen LogP contribution in [-0.2, 0) is 11.8 Å². The molecular weight excluding hydrogens is 345 g/mol. The molecule has 1 aromatic rings. The molecule has 0 saturated carbocycles. The first kappa shape index (κ1) is 19.9. The third-order valence-corrected chi connectivity index (χ3v) is 4.05. The Labute approximate surface area is 151 Å². The number of aryl methyl sites for hydroxylation is 1. The lowest BCUT2D eigenvalue weighted by Crippen LogP contribution is -2.42. The quantitative estimate of drug-likeness (QED) is 0.647. The van der Waals surface area contributed by atoms with Crippen LogP contribution in [0.5, 0.6) is 0 Å². The number of carbonyl (C=O) groups excluding carboxylic acids is 1. The smallest absolute Gasteiger partial charge is 0.407 e. The Kier molecular flexibility index (Phi) is 5.43. The van der Waals surface area contributed by atoms with E-state index in [9.17, 15) is 14.9 Å². The Morgan fingerprint density at radius 1 is 1.54 bits per heavy atom. The highest BCUT2D eigenvalue weighted by Gasteiger charge is 2.38. The van der Waals surface area contributed by atoms with E-state index < -0.39 is 28.3 Å². The number of hydrogen-bond donors (Lipinski definition) is 1. The zero-order valence-electron chi connectivity index (χ0n) is 15.8. The molecule has 26 heavy (non-hydrogen) atoms. The highest BCUT2D eigenvalue weighted by atomic mass is 19.1. The standard InChI is InChI=1S/C16H26FN5O4/c1-15(2,3)26-14(23)19-11-6-7-21(10-16(4,17)8-11)13-12(22(24)25)9-18-20(13)5/h9,11H,6-8,10H2,1-5H3,(H,19,23)/t11-,16+/m0/s1. The van der Waals surface area contributed by atoms with Crippen molar-refractivity contribution in [1.82, 2.24) is 15.1 Å². The summed E-state index contributed by atoms with van der Waals surface area (Å²) in [6, 6.07) is -0.433. The van der Waals surface area contributed by atoms with Gasteiger partial charge in [-0.25, -0.2) is 13.9 Å². The highest BCUT2D eigenvalue weighted by Crippen LogP contribution is 2.33. The number of halogens is 1. The normalized spacial score (nSPS) is 24.1. The van der Waals surface area contributed by atoms with Gasteiger partial charge in [-0.3, -0.25) is 10.1 Å². The number of aromatic nitrogens is 2. The molecular formula is C16H26FN5O4. The van der Waals surface area contributed by atoms with Gasteiger partial charge in [0.1, 0.15) is 17.5 Å². The number of ether oxygens (including phenoxy) is 1. The van der Waals surface area contributed by atoms with E-state index in [0.717, 1.165) is 6.20 Å². The molecule has 9 nitrogen and oxygen atoms in total. The maximum absolute atomic E-state index is 15.0. The van der Waals surface area contributed by atoms with E-state index in [2.05, 4.69) is 10.4 Å². The van der Waals surface area contributed by atoms with Gasteiger partial charge in [-0.15, -0.1) is 0 Å². The summed E-state index contributed by atoms with van der Waals surface area (Å²) in [5, 5.41) is 17.9. The van der Waals surface area contributed by atoms with Crippen molar-refractivity contribution in [3.05, 3.63) is 16.3 Å². The number of alkyl carbamates (subject to hydrolysis) is 1. The molecule has 0 radical (unpaired) electrons. The molecule has 1 aromatic heterocycles. The van der Waals surface area contributed by atoms with Crippen molar-refractivity contribution in [2.24, 2.45) is 7.05 Å². The monoisotopic (exact) mass is 371 g/mol. The zero-order chi connectivity index (χ0) is 19.7. The third kappa shape index (κ3) is 5.06. The van der Waals surface area contributed by atoms with Crippen LogP contribution < -0.4 is 10.2 Å². The van der Waals surface area contributed by atoms with Crippen molar-refractivity contribution in [2.45, 2.75) is 57.8 Å². The molecule has 0 unspecified atom stereocenters. The number of nitrogens with one attached hydrogen (secondary N) is 1. The Morgan fingerprint density at radius 3 is 2.77 bits per heavy atom. The minimum atomic E-state index is -1.64. The Bertz CT molecular complexity index is 683. The van der Waals surface area contributed by atoms with Gasteiger partial charge < -0.3 is 15.0 Å². The number of anilines is 1. The largest absolute Gasteiger partial charge is 0.444 e. The number of nitro groups is 1. The second-order valence-corrected chi connectivity index (χ2v) is 7.90. The fourth-order valence-electron chi connectivity index (χ4n) is 3.16. The van der Waals surface area contributed by atoms with Gasteiger partial charge in [-0.2, -0.15) is 5.10 Å². The topological polar surface area (TPSA) is 103 Å². The third-order valence-electron chi connectivity index (χ3n) is 4.05. The summed E-state index contributed by atoms with van der Waals surface area (Å²) in [5.74, 6) is 0.261. The average Bonchev–Trinajstić information content (AvgIpc) is 2.75. The maximum Gasteiger partial charge on any atom is 0.407 e. The minimum Gasteiger partial charge on any atom is -0.444 e. The van der Waals surface area contributed by atoms with Gasteiger partial charge in [0.25, 0.3) is 0 Å². The van der Waals surface area contributed by atoms with Gasteiger partial charge in [0, 0.05) is 26.1 Å². The fraction of sp³-hybridized carbons (Fsp3) is 0.750. The Morgan fingerprint density at radius 2 is 2.19 bits per heavy atom. The van der Waals surface area contributed by atoms with E-state index in [4.69, 9.17) is 4.74 Å². The molecule has 2 rings (SSSR count). The van der Waals surface area contributed by atoms with E-state index in [0.29, 0.717) is 13.0 Å². The number of nitrogens with zero attached hydrogens (tertiary/aromatic N) is 4. The van der Waals surface area contributed by atoms with Gasteiger partial charge in [0.2, 0.25) is 5.82 Å². The molecule has 1 N–H and O–H groups in total. The highest BCUT2D eigenvalue weighted by molar-refractivity contribution is 5.68. The van der Waals surface area contributed by atoms with Gasteiger partial charge >= 0.3 is 11.8 Å². The molecule has 10 heteroatoms. The molecule has 146 valence electrons. The number of rotatable bonds is 3. The van der Waals surface area contributed by atoms with Crippen LogP contribution in [0.2, 0.25) is 0 Å². The summed E-state index contributed by atoms with van der Waals surface area (Å²) < 4.78 is 21.6. The molecule has 2 atom stereocenters. The first-order chi connectivity index (χ1) is 11.9. The summed E-state index contributed by atoms with van der Waals surface area (Å²) in [6.45, 7) is 7.00. The number of carbonyl (C=O) groups is 1. The molecule has 0 aromatic carbocycles. The second-order valence-electron chi connectivity index (χ2n) is 7.90. The lowest BCUT2D eigenvalue weighted by atomic mass is 9.98. The van der Waals surface area contributed by atoms with Crippen molar-refractivity contribution in [3.8, 4) is 0 Å². The predicted molar refractivity (Wildman–Crippen MR) is 94.0 cm³/mol. The lowest BCUT2D eigenvalue weighted by Gasteiger charge is -2.27. The van der Waals surface area contributed by atoms with Crippen LogP contribution in [0, 0.1) is 10.1 Å². The molecule has 1 fully saturated rings. The van der Waals surface area contributed by atoms with Crippen molar-refractivity contribution >= 4 is 17.6 Å².